The molecule has 34 heavy (non-hydrogen) atoms. The van der Waals surface area contributed by atoms with Gasteiger partial charge < -0.3 is 14.3 Å². The summed E-state index contributed by atoms with van der Waals surface area (Å²) in [5.74, 6) is -2.52. The first-order valence-electron chi connectivity index (χ1n) is 11.6. The molecule has 1 aliphatic heterocycles. The van der Waals surface area contributed by atoms with Crippen molar-refractivity contribution in [1.29, 1.82) is 0 Å². The van der Waals surface area contributed by atoms with Crippen molar-refractivity contribution < 1.29 is 27.4 Å². The van der Waals surface area contributed by atoms with Gasteiger partial charge in [0.2, 0.25) is 11.2 Å². The van der Waals surface area contributed by atoms with Crippen LogP contribution < -0.4 is 10.2 Å². The minimum Gasteiger partial charge on any atom is -0.507 e. The van der Waals surface area contributed by atoms with E-state index in [0.29, 0.717) is 0 Å². The van der Waals surface area contributed by atoms with Gasteiger partial charge in [-0.3, -0.25) is 9.69 Å². The molecule has 1 aromatic heterocycles. The summed E-state index contributed by atoms with van der Waals surface area (Å²) in [6, 6.07) is 9.35. The van der Waals surface area contributed by atoms with E-state index >= 15 is 0 Å². The zero-order valence-corrected chi connectivity index (χ0v) is 19.2. The molecule has 0 amide bonds. The highest BCUT2D eigenvalue weighted by atomic mass is 19.4. The maximum atomic E-state index is 14.0. The summed E-state index contributed by atoms with van der Waals surface area (Å²) in [5, 5.41) is 10.5. The lowest BCUT2D eigenvalue weighted by Gasteiger charge is -2.35. The molecule has 2 heterocycles. The largest absolute Gasteiger partial charge is 0.507 e. The number of phenolic OH excluding ortho intramolecular Hbond substituents is 1. The van der Waals surface area contributed by atoms with Crippen molar-refractivity contribution in [3.63, 3.8) is 0 Å². The van der Waals surface area contributed by atoms with Crippen molar-refractivity contribution in [1.82, 2.24) is 4.90 Å². The van der Waals surface area contributed by atoms with Crippen LogP contribution >= 0.6 is 0 Å². The zero-order chi connectivity index (χ0) is 24.5. The molecule has 1 atom stereocenters. The topological polar surface area (TPSA) is 62.9 Å². The van der Waals surface area contributed by atoms with Gasteiger partial charge in [0.1, 0.15) is 17.1 Å². The lowest BCUT2D eigenvalue weighted by atomic mass is 9.98. The zero-order valence-electron chi connectivity index (χ0n) is 19.2. The molecule has 0 spiro atoms. The van der Waals surface area contributed by atoms with E-state index in [1.54, 1.807) is 12.1 Å². The third-order valence-corrected chi connectivity index (χ3v) is 6.49. The van der Waals surface area contributed by atoms with Gasteiger partial charge in [0, 0.05) is 12.6 Å². The van der Waals surface area contributed by atoms with E-state index in [9.17, 15) is 23.1 Å². The lowest BCUT2D eigenvalue weighted by Crippen LogP contribution is -2.38. The fourth-order valence-electron chi connectivity index (χ4n) is 4.56. The Morgan fingerprint density at radius 2 is 1.85 bits per heavy atom. The summed E-state index contributed by atoms with van der Waals surface area (Å²) in [5.41, 5.74) is -0.0250. The lowest BCUT2D eigenvalue weighted by molar-refractivity contribution is -0.154. The van der Waals surface area contributed by atoms with Gasteiger partial charge in [-0.1, -0.05) is 32.4 Å². The Balaban J connectivity index is 1.84. The van der Waals surface area contributed by atoms with Crippen LogP contribution in [0.5, 0.6) is 17.2 Å². The highest BCUT2D eigenvalue weighted by molar-refractivity contribution is 5.83. The Morgan fingerprint density at radius 3 is 2.50 bits per heavy atom. The Kier molecular flexibility index (Phi) is 6.89. The van der Waals surface area contributed by atoms with Gasteiger partial charge in [0.05, 0.1) is 10.9 Å². The monoisotopic (exact) mass is 475 g/mol. The molecule has 4 rings (SSSR count). The van der Waals surface area contributed by atoms with E-state index in [1.165, 1.54) is 24.3 Å². The molecule has 1 N–H and O–H groups in total. The van der Waals surface area contributed by atoms with E-state index < -0.39 is 23.1 Å². The van der Waals surface area contributed by atoms with Crippen LogP contribution in [-0.4, -0.2) is 22.6 Å². The van der Waals surface area contributed by atoms with Gasteiger partial charge in [-0.25, -0.2) is 0 Å². The van der Waals surface area contributed by atoms with Crippen LogP contribution in [0.25, 0.3) is 11.0 Å². The summed E-state index contributed by atoms with van der Waals surface area (Å²) < 4.78 is 52.8. The van der Waals surface area contributed by atoms with Crippen molar-refractivity contribution >= 4 is 11.0 Å². The average molecular weight is 476 g/mol. The highest BCUT2D eigenvalue weighted by Gasteiger charge is 2.41. The third-order valence-electron chi connectivity index (χ3n) is 6.49. The number of hydrogen-bond acceptors (Lipinski definition) is 5. The standard InChI is InChI=1S/C26H28F3NO4/c1-3-16-8-10-18(11-9-16)33-24-22(32)19-12-13-21(31)20(23(19)34-25(24)26(27,28)29)15-30-14-6-5-7-17(30)4-2/h8-13,17,31H,3-7,14-15H2,1-2H3/t17-/m0/s1. The maximum Gasteiger partial charge on any atom is 0.453 e. The quantitative estimate of drug-likeness (QED) is 0.433. The number of hydrogen-bond donors (Lipinski definition) is 1. The second-order valence-electron chi connectivity index (χ2n) is 8.66. The molecule has 1 aliphatic rings. The number of likely N-dealkylation sites (tertiary alicyclic amines) is 1. The fraction of sp³-hybridized carbons (Fsp3) is 0.423. The van der Waals surface area contributed by atoms with Crippen molar-refractivity contribution in [3.8, 4) is 17.2 Å². The van der Waals surface area contributed by atoms with Gasteiger partial charge in [-0.15, -0.1) is 0 Å². The normalized spacial score (nSPS) is 17.3. The molecule has 3 aromatic rings. The highest BCUT2D eigenvalue weighted by Crippen LogP contribution is 2.40. The molecule has 182 valence electrons. The van der Waals surface area contributed by atoms with Crippen LogP contribution in [-0.2, 0) is 19.1 Å². The number of piperidine rings is 1. The second kappa shape index (κ2) is 9.70. The molecule has 8 heteroatoms. The Labute approximate surface area is 195 Å². The number of halogens is 3. The first-order valence-corrected chi connectivity index (χ1v) is 11.6. The minimum atomic E-state index is -4.97. The molecule has 1 saturated heterocycles. The summed E-state index contributed by atoms with van der Waals surface area (Å²) >= 11 is 0. The molecule has 0 bridgehead atoms. The van der Waals surface area contributed by atoms with Gasteiger partial charge in [-0.2, -0.15) is 13.2 Å². The van der Waals surface area contributed by atoms with Crippen LogP contribution in [0.15, 0.2) is 45.6 Å². The number of alkyl halides is 3. The number of aryl methyl sites for hydroxylation is 1. The van der Waals surface area contributed by atoms with Gasteiger partial charge >= 0.3 is 6.18 Å². The Hall–Kier alpha value is -3.00. The molecule has 0 unspecified atom stereocenters. The third kappa shape index (κ3) is 4.78. The number of aromatic hydroxyl groups is 1. The predicted octanol–water partition coefficient (Wildman–Crippen LogP) is 6.64. The van der Waals surface area contributed by atoms with Crippen LogP contribution in [0.2, 0.25) is 0 Å². The molecule has 1 fully saturated rings. The maximum absolute atomic E-state index is 14.0. The summed E-state index contributed by atoms with van der Waals surface area (Å²) in [6.07, 6.45) is -0.286. The molecule has 0 aliphatic carbocycles. The average Bonchev–Trinajstić information content (AvgIpc) is 2.82. The van der Waals surface area contributed by atoms with Gasteiger partial charge in [-0.05, 0) is 62.1 Å². The Morgan fingerprint density at radius 1 is 1.12 bits per heavy atom. The van der Waals surface area contributed by atoms with E-state index in [4.69, 9.17) is 9.15 Å². The Bertz CT molecular complexity index is 1220. The van der Waals surface area contributed by atoms with E-state index in [-0.39, 0.29) is 40.6 Å². The molecular formula is C26H28F3NO4. The molecular weight excluding hydrogens is 447 g/mol. The molecule has 0 saturated carbocycles. The summed E-state index contributed by atoms with van der Waals surface area (Å²) in [4.78, 5) is 15.3. The van der Waals surface area contributed by atoms with Crippen LogP contribution in [0.4, 0.5) is 13.2 Å². The van der Waals surface area contributed by atoms with Crippen LogP contribution in [0.1, 0.15) is 56.4 Å². The molecule has 2 aromatic carbocycles. The number of rotatable bonds is 6. The van der Waals surface area contributed by atoms with E-state index in [2.05, 4.69) is 11.8 Å². The number of benzene rings is 2. The molecule has 0 radical (unpaired) electrons. The SMILES string of the molecule is CCc1ccc(Oc2c(C(F)(F)F)oc3c(CN4CCCC[C@@H]4CC)c(O)ccc3c2=O)cc1. The van der Waals surface area contributed by atoms with Crippen molar-refractivity contribution in [2.24, 2.45) is 0 Å². The van der Waals surface area contributed by atoms with Crippen molar-refractivity contribution in [3.05, 3.63) is 63.5 Å². The summed E-state index contributed by atoms with van der Waals surface area (Å²) in [6.45, 7) is 4.97. The number of phenols is 1. The minimum absolute atomic E-state index is 0.0639. The molecule has 5 nitrogen and oxygen atoms in total. The van der Waals surface area contributed by atoms with Gasteiger partial charge in [0.25, 0.3) is 5.76 Å². The van der Waals surface area contributed by atoms with Gasteiger partial charge in [0.15, 0.2) is 0 Å². The van der Waals surface area contributed by atoms with E-state index in [1.807, 2.05) is 6.92 Å². The first-order chi connectivity index (χ1) is 16.2. The number of fused-ring (bicyclic) bond motifs is 1. The summed E-state index contributed by atoms with van der Waals surface area (Å²) in [7, 11) is 0. The van der Waals surface area contributed by atoms with Crippen molar-refractivity contribution in [2.45, 2.75) is 64.7 Å². The first kappa shape index (κ1) is 24.1. The second-order valence-corrected chi connectivity index (χ2v) is 8.66. The fourth-order valence-corrected chi connectivity index (χ4v) is 4.56. The van der Waals surface area contributed by atoms with Crippen LogP contribution in [0, 0.1) is 0 Å². The number of nitrogens with zero attached hydrogens (tertiary/aromatic N) is 1. The predicted molar refractivity (Wildman–Crippen MR) is 123 cm³/mol. The van der Waals surface area contributed by atoms with Crippen LogP contribution in [0.3, 0.4) is 0 Å². The van der Waals surface area contributed by atoms with Crippen molar-refractivity contribution in [2.75, 3.05) is 6.54 Å². The van der Waals surface area contributed by atoms with E-state index in [0.717, 1.165) is 44.2 Å². The number of ether oxygens (including phenoxy) is 1. The smallest absolute Gasteiger partial charge is 0.453 e.